The van der Waals surface area contributed by atoms with Gasteiger partial charge in [0.15, 0.2) is 0 Å². The Balaban J connectivity index is 0.000000318. The number of hydrogen-bond acceptors (Lipinski definition) is 4. The molecule has 0 fully saturated rings. The summed E-state index contributed by atoms with van der Waals surface area (Å²) >= 11 is 3.52. The van der Waals surface area contributed by atoms with E-state index in [4.69, 9.17) is 4.74 Å². The van der Waals surface area contributed by atoms with Gasteiger partial charge in [0.1, 0.15) is 6.10 Å². The molecule has 96 valence electrons. The van der Waals surface area contributed by atoms with Crippen LogP contribution in [0.1, 0.15) is 25.8 Å². The van der Waals surface area contributed by atoms with Crippen molar-refractivity contribution in [2.75, 3.05) is 6.61 Å². The minimum absolute atomic E-state index is 0.204. The standard InChI is InChI=1S/C7H8.C6H12O3S/c1-7-5-3-2-4-6-7;1-3-6(7)9-5(2)4-8-10/h2-6H,1H3;5,10H,3-4H2,1-2H3. The molecule has 0 amide bonds. The molecule has 0 radical (unpaired) electrons. The lowest BCUT2D eigenvalue weighted by atomic mass is 10.2. The molecule has 1 aromatic rings. The molecule has 0 spiro atoms. The van der Waals surface area contributed by atoms with Crippen molar-refractivity contribution >= 4 is 18.9 Å². The molecule has 0 aliphatic carbocycles. The van der Waals surface area contributed by atoms with Crippen molar-refractivity contribution in [2.24, 2.45) is 0 Å². The SMILES string of the molecule is CCC(=O)OC(C)COS.Cc1ccccc1. The van der Waals surface area contributed by atoms with Gasteiger partial charge in [0.2, 0.25) is 0 Å². The van der Waals surface area contributed by atoms with Crippen molar-refractivity contribution < 1.29 is 13.7 Å². The molecule has 0 saturated heterocycles. The van der Waals surface area contributed by atoms with Crippen molar-refractivity contribution in [3.63, 3.8) is 0 Å². The fourth-order valence-corrected chi connectivity index (χ4v) is 1.19. The third-order valence-electron chi connectivity index (χ3n) is 1.87. The van der Waals surface area contributed by atoms with Crippen LogP contribution in [0.25, 0.3) is 0 Å². The molecule has 1 aromatic carbocycles. The molecule has 0 heterocycles. The van der Waals surface area contributed by atoms with Crippen LogP contribution in [-0.4, -0.2) is 18.7 Å². The van der Waals surface area contributed by atoms with Gasteiger partial charge in [-0.2, -0.15) is 0 Å². The third kappa shape index (κ3) is 9.90. The van der Waals surface area contributed by atoms with E-state index in [9.17, 15) is 4.79 Å². The molecule has 4 heteroatoms. The van der Waals surface area contributed by atoms with Crippen molar-refractivity contribution in [3.05, 3.63) is 35.9 Å². The van der Waals surface area contributed by atoms with Gasteiger partial charge >= 0.3 is 5.97 Å². The number of carbonyl (C=O) groups excluding carboxylic acids is 1. The van der Waals surface area contributed by atoms with E-state index in [1.54, 1.807) is 13.8 Å². The molecule has 17 heavy (non-hydrogen) atoms. The van der Waals surface area contributed by atoms with E-state index >= 15 is 0 Å². The fraction of sp³-hybridized carbons (Fsp3) is 0.462. The second-order valence-corrected chi connectivity index (χ2v) is 3.86. The highest BCUT2D eigenvalue weighted by atomic mass is 32.1. The van der Waals surface area contributed by atoms with Crippen LogP contribution in [-0.2, 0) is 13.7 Å². The second-order valence-electron chi connectivity index (χ2n) is 3.60. The summed E-state index contributed by atoms with van der Waals surface area (Å²) in [7, 11) is 0. The fourth-order valence-electron chi connectivity index (χ4n) is 0.981. The van der Waals surface area contributed by atoms with Gasteiger partial charge < -0.3 is 8.92 Å². The quantitative estimate of drug-likeness (QED) is 0.510. The van der Waals surface area contributed by atoms with Gasteiger partial charge in [0.25, 0.3) is 0 Å². The summed E-state index contributed by atoms with van der Waals surface area (Å²) in [6, 6.07) is 10.3. The number of esters is 1. The first-order valence-electron chi connectivity index (χ1n) is 5.57. The molecule has 0 bridgehead atoms. The Labute approximate surface area is 109 Å². The van der Waals surface area contributed by atoms with Crippen LogP contribution in [0, 0.1) is 6.92 Å². The summed E-state index contributed by atoms with van der Waals surface area (Å²) in [5, 5.41) is 0. The van der Waals surface area contributed by atoms with Crippen LogP contribution in [0.2, 0.25) is 0 Å². The van der Waals surface area contributed by atoms with Crippen LogP contribution in [0.5, 0.6) is 0 Å². The molecule has 0 aliphatic heterocycles. The average molecular weight is 256 g/mol. The molecule has 1 rings (SSSR count). The third-order valence-corrected chi connectivity index (χ3v) is 2.02. The molecule has 1 unspecified atom stereocenters. The summed E-state index contributed by atoms with van der Waals surface area (Å²) in [5.41, 5.74) is 1.32. The first kappa shape index (κ1) is 16.0. The van der Waals surface area contributed by atoms with Gasteiger partial charge in [-0.3, -0.25) is 4.79 Å². The maximum atomic E-state index is 10.6. The summed E-state index contributed by atoms with van der Waals surface area (Å²) in [5.74, 6) is -0.210. The van der Waals surface area contributed by atoms with E-state index < -0.39 is 0 Å². The monoisotopic (exact) mass is 256 g/mol. The van der Waals surface area contributed by atoms with Gasteiger partial charge in [-0.1, -0.05) is 42.8 Å². The Morgan fingerprint density at radius 3 is 2.29 bits per heavy atom. The van der Waals surface area contributed by atoms with E-state index in [-0.39, 0.29) is 12.1 Å². The van der Waals surface area contributed by atoms with E-state index in [0.717, 1.165) is 0 Å². The summed E-state index contributed by atoms with van der Waals surface area (Å²) in [6.07, 6.45) is 0.196. The Morgan fingerprint density at radius 1 is 1.35 bits per heavy atom. The Kier molecular flexibility index (Phi) is 9.57. The van der Waals surface area contributed by atoms with Gasteiger partial charge in [-0.05, 0) is 26.8 Å². The Hall–Kier alpha value is -1.00. The molecular formula is C13H20O3S. The van der Waals surface area contributed by atoms with Crippen molar-refractivity contribution in [3.8, 4) is 0 Å². The zero-order valence-electron chi connectivity index (χ0n) is 10.6. The summed E-state index contributed by atoms with van der Waals surface area (Å²) in [4.78, 5) is 10.6. The Bertz CT molecular complexity index is 301. The zero-order chi connectivity index (χ0) is 13.1. The van der Waals surface area contributed by atoms with Crippen LogP contribution in [0.4, 0.5) is 0 Å². The molecule has 0 aromatic heterocycles. The maximum Gasteiger partial charge on any atom is 0.305 e. The van der Waals surface area contributed by atoms with Crippen molar-refractivity contribution in [2.45, 2.75) is 33.3 Å². The number of thiol groups is 1. The topological polar surface area (TPSA) is 35.5 Å². The molecule has 0 N–H and O–H groups in total. The number of ether oxygens (including phenoxy) is 1. The van der Waals surface area contributed by atoms with Crippen molar-refractivity contribution in [1.29, 1.82) is 0 Å². The highest BCUT2D eigenvalue weighted by molar-refractivity contribution is 7.75. The normalized spacial score (nSPS) is 11.1. The predicted octanol–water partition coefficient (Wildman–Crippen LogP) is 3.18. The molecule has 0 saturated carbocycles. The van der Waals surface area contributed by atoms with Crippen LogP contribution < -0.4 is 0 Å². The Morgan fingerprint density at radius 2 is 1.94 bits per heavy atom. The van der Waals surface area contributed by atoms with E-state index in [0.29, 0.717) is 13.0 Å². The first-order valence-corrected chi connectivity index (χ1v) is 5.94. The number of aryl methyl sites for hydroxylation is 1. The van der Waals surface area contributed by atoms with Crippen LogP contribution >= 0.6 is 12.9 Å². The van der Waals surface area contributed by atoms with Crippen LogP contribution in [0.3, 0.4) is 0 Å². The van der Waals surface area contributed by atoms with Crippen LogP contribution in [0.15, 0.2) is 30.3 Å². The highest BCUT2D eigenvalue weighted by Gasteiger charge is 2.05. The molecule has 0 aliphatic rings. The lowest BCUT2D eigenvalue weighted by Crippen LogP contribution is -2.17. The lowest BCUT2D eigenvalue weighted by Gasteiger charge is -2.09. The smallest absolute Gasteiger partial charge is 0.305 e. The van der Waals surface area contributed by atoms with Gasteiger partial charge in [-0.15, -0.1) is 0 Å². The summed E-state index contributed by atoms with van der Waals surface area (Å²) < 4.78 is 9.29. The molecule has 3 nitrogen and oxygen atoms in total. The number of carbonyl (C=O) groups is 1. The lowest BCUT2D eigenvalue weighted by molar-refractivity contribution is -0.148. The summed E-state index contributed by atoms with van der Waals surface area (Å²) in [6.45, 7) is 5.91. The average Bonchev–Trinajstić information content (AvgIpc) is 2.31. The first-order chi connectivity index (χ1) is 8.10. The maximum absolute atomic E-state index is 10.6. The van der Waals surface area contributed by atoms with Crippen molar-refractivity contribution in [1.82, 2.24) is 0 Å². The largest absolute Gasteiger partial charge is 0.460 e. The molecular weight excluding hydrogens is 236 g/mol. The zero-order valence-corrected chi connectivity index (χ0v) is 11.4. The predicted molar refractivity (Wildman–Crippen MR) is 72.0 cm³/mol. The number of benzene rings is 1. The number of rotatable bonds is 4. The highest BCUT2D eigenvalue weighted by Crippen LogP contribution is 1.95. The minimum Gasteiger partial charge on any atom is -0.460 e. The van der Waals surface area contributed by atoms with E-state index in [1.165, 1.54) is 5.56 Å². The second kappa shape index (κ2) is 10.2. The van der Waals surface area contributed by atoms with E-state index in [1.807, 2.05) is 18.2 Å². The van der Waals surface area contributed by atoms with Gasteiger partial charge in [-0.25, -0.2) is 0 Å². The minimum atomic E-state index is -0.210. The van der Waals surface area contributed by atoms with Gasteiger partial charge in [0.05, 0.1) is 6.61 Å². The number of hydrogen-bond donors (Lipinski definition) is 1. The van der Waals surface area contributed by atoms with E-state index in [2.05, 4.69) is 36.1 Å². The van der Waals surface area contributed by atoms with Gasteiger partial charge in [0, 0.05) is 6.42 Å². The molecule has 1 atom stereocenters.